The van der Waals surface area contributed by atoms with Crippen LogP contribution in [-0.4, -0.2) is 43.3 Å². The molecule has 0 unspecified atom stereocenters. The van der Waals surface area contributed by atoms with Gasteiger partial charge in [0, 0.05) is 24.0 Å². The molecule has 0 aliphatic heterocycles. The lowest BCUT2D eigenvalue weighted by Gasteiger charge is -2.19. The van der Waals surface area contributed by atoms with Gasteiger partial charge in [-0.1, -0.05) is 0 Å². The molecule has 3 heterocycles. The number of hydrogen-bond acceptors (Lipinski definition) is 5. The molecule has 0 amide bonds. The molecular weight excluding hydrogens is 434 g/mol. The second kappa shape index (κ2) is 6.91. The maximum Gasteiger partial charge on any atom is 0.455 e. The van der Waals surface area contributed by atoms with Crippen molar-refractivity contribution in [3.8, 4) is 17.0 Å². The molecule has 3 aromatic rings. The molecule has 7 nitrogen and oxygen atoms in total. The lowest BCUT2D eigenvalue weighted by Crippen LogP contribution is -2.40. The van der Waals surface area contributed by atoms with Crippen molar-refractivity contribution in [2.24, 2.45) is 0 Å². The van der Waals surface area contributed by atoms with Gasteiger partial charge in [-0.3, -0.25) is 13.9 Å². The Bertz CT molecular complexity index is 1250. The van der Waals surface area contributed by atoms with Crippen LogP contribution in [0.1, 0.15) is 9.81 Å². The number of hydrogen-bond donors (Lipinski definition) is 0. The Labute approximate surface area is 164 Å². The van der Waals surface area contributed by atoms with Gasteiger partial charge in [0.15, 0.2) is 5.69 Å². The second-order valence-corrected chi connectivity index (χ2v) is 5.80. The van der Waals surface area contributed by atoms with E-state index in [9.17, 15) is 39.9 Å². The van der Waals surface area contributed by atoms with Crippen LogP contribution in [-0.2, 0) is 12.7 Å². The van der Waals surface area contributed by atoms with E-state index in [0.717, 1.165) is 12.3 Å². The molecule has 0 saturated carbocycles. The Morgan fingerprint density at radius 3 is 2.43 bits per heavy atom. The molecule has 0 atom stereocenters. The fourth-order valence-electron chi connectivity index (χ4n) is 2.40. The molecule has 162 valence electrons. The van der Waals surface area contributed by atoms with Crippen LogP contribution in [0.5, 0.6) is 5.88 Å². The van der Waals surface area contributed by atoms with Crippen molar-refractivity contribution in [1.82, 2.24) is 24.1 Å². The zero-order chi connectivity index (χ0) is 25.0. The minimum absolute atomic E-state index is 0.0306. The van der Waals surface area contributed by atoms with E-state index in [1.807, 2.05) is 0 Å². The van der Waals surface area contributed by atoms with Gasteiger partial charge in [-0.15, -0.1) is 0 Å². The number of nitrogens with zero attached hydrogens (tertiary/aromatic N) is 5. The Hall–Kier alpha value is -3.26. The van der Waals surface area contributed by atoms with Crippen LogP contribution in [0.4, 0.5) is 35.1 Å². The molecule has 0 N–H and O–H groups in total. The molecular formula is C15H9F8N5O2. The summed E-state index contributed by atoms with van der Waals surface area (Å²) in [6, 6.07) is 0.840. The molecule has 0 saturated heterocycles. The quantitative estimate of drug-likeness (QED) is 0.576. The molecule has 0 fully saturated rings. The molecule has 30 heavy (non-hydrogen) atoms. The van der Waals surface area contributed by atoms with Gasteiger partial charge >= 0.3 is 18.3 Å². The molecule has 3 aromatic heterocycles. The van der Waals surface area contributed by atoms with Crippen molar-refractivity contribution < 1.29 is 44.0 Å². The van der Waals surface area contributed by atoms with Crippen molar-refractivity contribution in [3.05, 3.63) is 40.7 Å². The summed E-state index contributed by atoms with van der Waals surface area (Å²) in [6.07, 6.45) is -9.56. The number of fused-ring (bicyclic) bond motifs is 1. The molecule has 0 aliphatic carbocycles. The first-order chi connectivity index (χ1) is 14.9. The van der Waals surface area contributed by atoms with Crippen LogP contribution in [0.2, 0.25) is 0 Å². The second-order valence-electron chi connectivity index (χ2n) is 5.80. The van der Waals surface area contributed by atoms with Crippen molar-refractivity contribution >= 4 is 5.78 Å². The van der Waals surface area contributed by atoms with E-state index in [4.69, 9.17) is 4.11 Å². The predicted octanol–water partition coefficient (Wildman–Crippen LogP) is 3.18. The SMILES string of the molecule is [2H]C([2H])([2H])Oc1ccn2c(=O)c(-c3cnn(CC(F)(F)C(F)(F)F)c3)c(C(F)(F)F)nc2n1. The average Bonchev–Trinajstić information content (AvgIpc) is 3.05. The van der Waals surface area contributed by atoms with Crippen LogP contribution in [0.15, 0.2) is 29.5 Å². The van der Waals surface area contributed by atoms with E-state index in [-0.39, 0.29) is 4.68 Å². The summed E-state index contributed by atoms with van der Waals surface area (Å²) < 4.78 is 130. The van der Waals surface area contributed by atoms with Crippen LogP contribution in [0, 0.1) is 0 Å². The standard InChI is InChI=1S/C15H9F8N5O2/c1-30-8-2-3-28-11(29)9(10(14(18,19)20)26-12(28)25-8)7-4-24-27(5-7)6-13(16,17)15(21,22)23/h2-5H,6H2,1H3/i1D3. The van der Waals surface area contributed by atoms with Gasteiger partial charge in [-0.05, 0) is 0 Å². The van der Waals surface area contributed by atoms with Crippen molar-refractivity contribution in [3.63, 3.8) is 0 Å². The minimum Gasteiger partial charge on any atom is -0.481 e. The molecule has 0 spiro atoms. The maximum atomic E-state index is 13.6. The first-order valence-electron chi connectivity index (χ1n) is 9.06. The minimum atomic E-state index is -5.94. The highest BCUT2D eigenvalue weighted by Gasteiger charge is 2.57. The van der Waals surface area contributed by atoms with E-state index < -0.39 is 65.9 Å². The number of aromatic nitrogens is 5. The van der Waals surface area contributed by atoms with E-state index in [2.05, 4.69) is 19.8 Å². The molecule has 0 radical (unpaired) electrons. The van der Waals surface area contributed by atoms with E-state index in [0.29, 0.717) is 16.8 Å². The fourth-order valence-corrected chi connectivity index (χ4v) is 2.40. The average molecular weight is 446 g/mol. The van der Waals surface area contributed by atoms with Crippen LogP contribution >= 0.6 is 0 Å². The highest BCUT2D eigenvalue weighted by atomic mass is 19.4. The number of halogens is 8. The zero-order valence-corrected chi connectivity index (χ0v) is 14.1. The third-order valence-electron chi connectivity index (χ3n) is 3.74. The summed E-state index contributed by atoms with van der Waals surface area (Å²) >= 11 is 0. The molecule has 0 aliphatic rings. The third kappa shape index (κ3) is 3.78. The number of alkyl halides is 8. The van der Waals surface area contributed by atoms with E-state index in [1.165, 1.54) is 0 Å². The predicted molar refractivity (Wildman–Crippen MR) is 83.0 cm³/mol. The van der Waals surface area contributed by atoms with Crippen molar-refractivity contribution in [2.75, 3.05) is 7.04 Å². The Morgan fingerprint density at radius 2 is 1.83 bits per heavy atom. The summed E-state index contributed by atoms with van der Waals surface area (Å²) in [6.45, 7) is -2.04. The lowest BCUT2D eigenvalue weighted by atomic mass is 10.1. The van der Waals surface area contributed by atoms with Crippen LogP contribution < -0.4 is 10.3 Å². The van der Waals surface area contributed by atoms with Crippen molar-refractivity contribution in [1.29, 1.82) is 0 Å². The van der Waals surface area contributed by atoms with Gasteiger partial charge in [0.25, 0.3) is 5.56 Å². The van der Waals surface area contributed by atoms with Gasteiger partial charge in [0.1, 0.15) is 6.54 Å². The molecule has 0 bridgehead atoms. The van der Waals surface area contributed by atoms with Gasteiger partial charge < -0.3 is 4.74 Å². The normalized spacial score (nSPS) is 15.0. The Kier molecular flexibility index (Phi) is 4.05. The van der Waals surface area contributed by atoms with Crippen LogP contribution in [0.25, 0.3) is 16.9 Å². The van der Waals surface area contributed by atoms with Gasteiger partial charge in [-0.25, -0.2) is 4.98 Å². The van der Waals surface area contributed by atoms with E-state index >= 15 is 0 Å². The summed E-state index contributed by atoms with van der Waals surface area (Å²) in [5, 5.41) is 3.19. The summed E-state index contributed by atoms with van der Waals surface area (Å²) in [5.41, 5.74) is -5.22. The van der Waals surface area contributed by atoms with Gasteiger partial charge in [-0.2, -0.15) is 45.2 Å². The zero-order valence-electron chi connectivity index (χ0n) is 17.1. The summed E-state index contributed by atoms with van der Waals surface area (Å²) in [7, 11) is -3.01. The highest BCUT2D eigenvalue weighted by Crippen LogP contribution is 2.37. The first kappa shape index (κ1) is 17.6. The van der Waals surface area contributed by atoms with E-state index in [1.54, 1.807) is 0 Å². The molecule has 3 rings (SSSR count). The highest BCUT2D eigenvalue weighted by molar-refractivity contribution is 5.65. The number of ether oxygens (including phenoxy) is 1. The Morgan fingerprint density at radius 1 is 1.13 bits per heavy atom. The number of methoxy groups -OCH3 is 1. The smallest absolute Gasteiger partial charge is 0.455 e. The van der Waals surface area contributed by atoms with Crippen LogP contribution in [0.3, 0.4) is 0 Å². The lowest BCUT2D eigenvalue weighted by molar-refractivity contribution is -0.287. The van der Waals surface area contributed by atoms with Crippen molar-refractivity contribution in [2.45, 2.75) is 24.8 Å². The third-order valence-corrected chi connectivity index (χ3v) is 3.74. The number of rotatable bonds is 4. The topological polar surface area (TPSA) is 74.3 Å². The largest absolute Gasteiger partial charge is 0.481 e. The molecule has 15 heteroatoms. The Balaban J connectivity index is 2.15. The molecule has 0 aromatic carbocycles. The van der Waals surface area contributed by atoms with Gasteiger partial charge in [0.2, 0.25) is 11.7 Å². The fraction of sp³-hybridized carbons (Fsp3) is 0.333. The van der Waals surface area contributed by atoms with Gasteiger partial charge in [0.05, 0.1) is 22.9 Å². The monoisotopic (exact) mass is 446 g/mol. The summed E-state index contributed by atoms with van der Waals surface area (Å²) in [5.74, 6) is -6.83. The first-order valence-corrected chi connectivity index (χ1v) is 7.56. The maximum absolute atomic E-state index is 13.6. The summed E-state index contributed by atoms with van der Waals surface area (Å²) in [4.78, 5) is 19.3.